The zero-order valence-electron chi connectivity index (χ0n) is 13.9. The summed E-state index contributed by atoms with van der Waals surface area (Å²) in [5, 5.41) is 18.9. The summed E-state index contributed by atoms with van der Waals surface area (Å²) in [5.41, 5.74) is 3.31. The highest BCUT2D eigenvalue weighted by Gasteiger charge is 2.33. The zero-order valence-corrected chi connectivity index (χ0v) is 13.9. The molecule has 1 saturated heterocycles. The van der Waals surface area contributed by atoms with Crippen LogP contribution in [0.5, 0.6) is 0 Å². The Bertz CT molecular complexity index is 628. The molecule has 3 rings (SSSR count). The molecule has 1 aromatic carbocycles. The number of β-amino-alcohol motifs (C(OH)–C–C–N with tert-alkyl or cyclic N) is 1. The third kappa shape index (κ3) is 3.68. The topological polar surface area (TPSA) is 77.8 Å². The van der Waals surface area contributed by atoms with E-state index in [2.05, 4.69) is 0 Å². The number of rotatable bonds is 5. The van der Waals surface area contributed by atoms with Crippen LogP contribution in [-0.2, 0) is 17.6 Å². The highest BCUT2D eigenvalue weighted by atomic mass is 16.3. The zero-order chi connectivity index (χ0) is 17.1. The Morgan fingerprint density at radius 1 is 1.08 bits per heavy atom. The highest BCUT2D eigenvalue weighted by molar-refractivity contribution is 5.98. The number of fused-ring (bicyclic) bond motifs is 1. The van der Waals surface area contributed by atoms with E-state index < -0.39 is 6.10 Å². The van der Waals surface area contributed by atoms with Crippen LogP contribution in [0.2, 0.25) is 0 Å². The molecule has 2 aliphatic rings. The SMILES string of the molecule is O=C(CCC(=O)N1C[C@H](CO)[C@H](O)C1)c1ccc2c(c1)CCCC2. The number of ketones is 1. The summed E-state index contributed by atoms with van der Waals surface area (Å²) >= 11 is 0. The van der Waals surface area contributed by atoms with Gasteiger partial charge in [0.25, 0.3) is 0 Å². The van der Waals surface area contributed by atoms with Crippen molar-refractivity contribution < 1.29 is 19.8 Å². The van der Waals surface area contributed by atoms with Crippen molar-refractivity contribution in [3.8, 4) is 0 Å². The Hall–Kier alpha value is -1.72. The molecule has 130 valence electrons. The van der Waals surface area contributed by atoms with E-state index in [1.807, 2.05) is 18.2 Å². The van der Waals surface area contributed by atoms with Crippen molar-refractivity contribution in [1.82, 2.24) is 4.90 Å². The third-order valence-electron chi connectivity index (χ3n) is 5.23. The predicted octanol–water partition coefficient (Wildman–Crippen LogP) is 1.34. The van der Waals surface area contributed by atoms with Crippen molar-refractivity contribution in [2.24, 2.45) is 5.92 Å². The van der Waals surface area contributed by atoms with Crippen LogP contribution in [-0.4, -0.2) is 52.6 Å². The minimum Gasteiger partial charge on any atom is -0.396 e. The molecule has 0 unspecified atom stereocenters. The number of aliphatic hydroxyl groups is 2. The summed E-state index contributed by atoms with van der Waals surface area (Å²) in [6.07, 6.45) is 4.18. The second-order valence-electron chi connectivity index (χ2n) is 6.92. The molecule has 24 heavy (non-hydrogen) atoms. The van der Waals surface area contributed by atoms with Crippen LogP contribution in [0, 0.1) is 5.92 Å². The molecule has 0 spiro atoms. The quantitative estimate of drug-likeness (QED) is 0.798. The van der Waals surface area contributed by atoms with E-state index in [0.717, 1.165) is 12.8 Å². The molecule has 0 saturated carbocycles. The molecule has 2 N–H and O–H groups in total. The molecule has 1 amide bonds. The van der Waals surface area contributed by atoms with E-state index >= 15 is 0 Å². The lowest BCUT2D eigenvalue weighted by Crippen LogP contribution is -2.29. The van der Waals surface area contributed by atoms with Gasteiger partial charge in [0.2, 0.25) is 5.91 Å². The molecule has 5 nitrogen and oxygen atoms in total. The molecule has 0 bridgehead atoms. The third-order valence-corrected chi connectivity index (χ3v) is 5.23. The summed E-state index contributed by atoms with van der Waals surface area (Å²) < 4.78 is 0. The summed E-state index contributed by atoms with van der Waals surface area (Å²) in [6, 6.07) is 5.91. The van der Waals surface area contributed by atoms with Crippen LogP contribution in [0.3, 0.4) is 0 Å². The van der Waals surface area contributed by atoms with Gasteiger partial charge in [0, 0.05) is 37.4 Å². The van der Waals surface area contributed by atoms with Crippen LogP contribution in [0.1, 0.15) is 47.2 Å². The van der Waals surface area contributed by atoms with Gasteiger partial charge in [0.1, 0.15) is 0 Å². The molecular weight excluding hydrogens is 306 g/mol. The molecule has 1 aliphatic carbocycles. The first kappa shape index (κ1) is 17.1. The normalized spacial score (nSPS) is 23.2. The number of benzene rings is 1. The second kappa shape index (κ2) is 7.45. The molecule has 2 atom stereocenters. The molecular formula is C19H25NO4. The predicted molar refractivity (Wildman–Crippen MR) is 89.8 cm³/mol. The van der Waals surface area contributed by atoms with Crippen LogP contribution in [0.4, 0.5) is 0 Å². The van der Waals surface area contributed by atoms with Gasteiger partial charge >= 0.3 is 0 Å². The number of nitrogens with zero attached hydrogens (tertiary/aromatic N) is 1. The highest BCUT2D eigenvalue weighted by Crippen LogP contribution is 2.23. The number of amides is 1. The smallest absolute Gasteiger partial charge is 0.223 e. The number of likely N-dealkylation sites (tertiary alicyclic amines) is 1. The molecule has 5 heteroatoms. The van der Waals surface area contributed by atoms with Crippen LogP contribution in [0.25, 0.3) is 0 Å². The first-order valence-electron chi connectivity index (χ1n) is 8.80. The van der Waals surface area contributed by atoms with Crippen molar-refractivity contribution in [3.63, 3.8) is 0 Å². The van der Waals surface area contributed by atoms with Gasteiger partial charge in [-0.25, -0.2) is 0 Å². The molecule has 1 aromatic rings. The number of hydrogen-bond acceptors (Lipinski definition) is 4. The maximum atomic E-state index is 12.4. The molecule has 0 aromatic heterocycles. The largest absolute Gasteiger partial charge is 0.396 e. The van der Waals surface area contributed by atoms with Gasteiger partial charge in [-0.05, 0) is 42.9 Å². The average Bonchev–Trinajstić information content (AvgIpc) is 2.99. The Balaban J connectivity index is 1.55. The summed E-state index contributed by atoms with van der Waals surface area (Å²) in [7, 11) is 0. The van der Waals surface area contributed by atoms with Crippen molar-refractivity contribution in [3.05, 3.63) is 34.9 Å². The number of carbonyl (C=O) groups is 2. The Morgan fingerprint density at radius 2 is 1.83 bits per heavy atom. The number of hydrogen-bond donors (Lipinski definition) is 2. The van der Waals surface area contributed by atoms with E-state index in [-0.39, 0.29) is 43.6 Å². The lowest BCUT2D eigenvalue weighted by molar-refractivity contribution is -0.130. The van der Waals surface area contributed by atoms with Crippen molar-refractivity contribution in [2.45, 2.75) is 44.6 Å². The van der Waals surface area contributed by atoms with Gasteiger partial charge < -0.3 is 15.1 Å². The van der Waals surface area contributed by atoms with Crippen molar-refractivity contribution in [1.29, 1.82) is 0 Å². The Kier molecular flexibility index (Phi) is 5.31. The van der Waals surface area contributed by atoms with Crippen LogP contribution in [0.15, 0.2) is 18.2 Å². The van der Waals surface area contributed by atoms with E-state index in [1.54, 1.807) is 4.90 Å². The van der Waals surface area contributed by atoms with E-state index in [1.165, 1.54) is 24.0 Å². The van der Waals surface area contributed by atoms with E-state index in [9.17, 15) is 14.7 Å². The van der Waals surface area contributed by atoms with Gasteiger partial charge in [-0.15, -0.1) is 0 Å². The fraction of sp³-hybridized carbons (Fsp3) is 0.579. The van der Waals surface area contributed by atoms with Crippen molar-refractivity contribution in [2.75, 3.05) is 19.7 Å². The van der Waals surface area contributed by atoms with Gasteiger partial charge in [0.15, 0.2) is 5.78 Å². The molecule has 1 aliphatic heterocycles. The first-order valence-corrected chi connectivity index (χ1v) is 8.80. The summed E-state index contributed by atoms with van der Waals surface area (Å²) in [5.74, 6) is -0.406. The maximum Gasteiger partial charge on any atom is 0.223 e. The Morgan fingerprint density at radius 3 is 2.54 bits per heavy atom. The van der Waals surface area contributed by atoms with Gasteiger partial charge in [-0.3, -0.25) is 9.59 Å². The molecule has 1 fully saturated rings. The van der Waals surface area contributed by atoms with Crippen molar-refractivity contribution >= 4 is 11.7 Å². The van der Waals surface area contributed by atoms with Gasteiger partial charge in [-0.2, -0.15) is 0 Å². The standard InChI is InChI=1S/C19H25NO4/c21-12-16-10-20(11-18(16)23)19(24)8-7-17(22)15-6-5-13-3-1-2-4-14(13)9-15/h5-6,9,16,18,21,23H,1-4,7-8,10-12H2/t16-,18-/m1/s1. The number of aliphatic hydroxyl groups excluding tert-OH is 2. The maximum absolute atomic E-state index is 12.4. The van der Waals surface area contributed by atoms with Gasteiger partial charge in [-0.1, -0.05) is 12.1 Å². The second-order valence-corrected chi connectivity index (χ2v) is 6.92. The summed E-state index contributed by atoms with van der Waals surface area (Å²) in [6.45, 7) is 0.486. The van der Waals surface area contributed by atoms with Crippen LogP contribution >= 0.6 is 0 Å². The van der Waals surface area contributed by atoms with Gasteiger partial charge in [0.05, 0.1) is 12.7 Å². The number of Topliss-reactive ketones (excluding diaryl/α,β-unsaturated/α-hetero) is 1. The molecule has 1 heterocycles. The number of carbonyl (C=O) groups excluding carboxylic acids is 2. The first-order chi connectivity index (χ1) is 11.6. The average molecular weight is 331 g/mol. The van der Waals surface area contributed by atoms with E-state index in [4.69, 9.17) is 5.11 Å². The lowest BCUT2D eigenvalue weighted by Gasteiger charge is -2.17. The fourth-order valence-electron chi connectivity index (χ4n) is 3.67. The minimum atomic E-state index is -0.671. The minimum absolute atomic E-state index is 0.00447. The summed E-state index contributed by atoms with van der Waals surface area (Å²) in [4.78, 5) is 26.1. The van der Waals surface area contributed by atoms with Crippen LogP contribution < -0.4 is 0 Å². The lowest BCUT2D eigenvalue weighted by atomic mass is 9.89. The monoisotopic (exact) mass is 331 g/mol. The fourth-order valence-corrected chi connectivity index (χ4v) is 3.67. The molecule has 0 radical (unpaired) electrons. The number of aryl methyl sites for hydroxylation is 2. The van der Waals surface area contributed by atoms with E-state index in [0.29, 0.717) is 12.1 Å². The Labute approximate surface area is 142 Å².